The molecule has 0 aliphatic heterocycles. The first-order valence-electron chi connectivity index (χ1n) is 9.88. The quantitative estimate of drug-likeness (QED) is 0.398. The molecule has 0 atom stereocenters. The molecule has 0 spiro atoms. The smallest absolute Gasteiger partial charge is 0.234 e. The number of hydrogen-bond donors (Lipinski definition) is 1. The van der Waals surface area contributed by atoms with Crippen LogP contribution in [0.25, 0.3) is 17.1 Å². The molecule has 3 aromatic carbocycles. The monoisotopic (exact) mass is 448 g/mol. The lowest BCUT2D eigenvalue weighted by molar-refractivity contribution is -0.113. The second-order valence-electron chi connectivity index (χ2n) is 7.05. The van der Waals surface area contributed by atoms with Crippen LogP contribution in [0.1, 0.15) is 5.56 Å². The normalized spacial score (nSPS) is 10.7. The molecule has 0 aliphatic rings. The van der Waals surface area contributed by atoms with Crippen LogP contribution in [-0.4, -0.2) is 33.5 Å². The summed E-state index contributed by atoms with van der Waals surface area (Å²) in [6.07, 6.45) is 0. The zero-order chi connectivity index (χ0) is 22.5. The molecule has 32 heavy (non-hydrogen) atoms. The molecule has 1 N–H and O–H groups in total. The molecular weight excluding hydrogens is 427 g/mol. The highest BCUT2D eigenvalue weighted by atomic mass is 32.2. The van der Waals surface area contributed by atoms with E-state index in [9.17, 15) is 9.18 Å². The van der Waals surface area contributed by atoms with E-state index >= 15 is 0 Å². The van der Waals surface area contributed by atoms with Crippen LogP contribution >= 0.6 is 11.8 Å². The SMILES string of the molecule is COc1ccc(-c2nnc(SCC(=O)Nc3cccc(F)c3)n2-c2ccc(C)cc2)cc1. The third-order valence-corrected chi connectivity index (χ3v) is 5.64. The Morgan fingerprint density at radius 2 is 1.81 bits per heavy atom. The number of benzene rings is 3. The molecule has 0 aliphatic carbocycles. The molecular formula is C24H21FN4O2S. The molecule has 0 saturated heterocycles. The van der Waals surface area contributed by atoms with E-state index in [1.54, 1.807) is 19.2 Å². The van der Waals surface area contributed by atoms with Gasteiger partial charge in [-0.2, -0.15) is 0 Å². The fourth-order valence-electron chi connectivity index (χ4n) is 3.11. The predicted molar refractivity (Wildman–Crippen MR) is 124 cm³/mol. The summed E-state index contributed by atoms with van der Waals surface area (Å²) in [4.78, 5) is 12.4. The number of ether oxygens (including phenoxy) is 1. The highest BCUT2D eigenvalue weighted by molar-refractivity contribution is 7.99. The highest BCUT2D eigenvalue weighted by Crippen LogP contribution is 2.29. The van der Waals surface area contributed by atoms with Gasteiger partial charge in [0.25, 0.3) is 0 Å². The number of rotatable bonds is 7. The second-order valence-corrected chi connectivity index (χ2v) is 8.00. The number of nitrogens with one attached hydrogen (secondary N) is 1. The minimum absolute atomic E-state index is 0.100. The van der Waals surface area contributed by atoms with Gasteiger partial charge in [-0.25, -0.2) is 4.39 Å². The summed E-state index contributed by atoms with van der Waals surface area (Å²) in [5.41, 5.74) is 3.31. The zero-order valence-electron chi connectivity index (χ0n) is 17.6. The van der Waals surface area contributed by atoms with Gasteiger partial charge in [-0.1, -0.05) is 35.5 Å². The molecule has 0 fully saturated rings. The number of aryl methyl sites for hydroxylation is 1. The Morgan fingerprint density at radius 3 is 2.50 bits per heavy atom. The molecule has 0 saturated carbocycles. The minimum atomic E-state index is -0.404. The van der Waals surface area contributed by atoms with Crippen LogP contribution in [0.5, 0.6) is 5.75 Å². The van der Waals surface area contributed by atoms with Crippen molar-refractivity contribution in [2.45, 2.75) is 12.1 Å². The summed E-state index contributed by atoms with van der Waals surface area (Å²) in [7, 11) is 1.62. The molecule has 1 heterocycles. The van der Waals surface area contributed by atoms with E-state index in [2.05, 4.69) is 15.5 Å². The van der Waals surface area contributed by atoms with Gasteiger partial charge in [0, 0.05) is 16.9 Å². The topological polar surface area (TPSA) is 69.0 Å². The summed E-state index contributed by atoms with van der Waals surface area (Å²) in [6, 6.07) is 21.4. The van der Waals surface area contributed by atoms with Crippen LogP contribution in [0.3, 0.4) is 0 Å². The van der Waals surface area contributed by atoms with Gasteiger partial charge >= 0.3 is 0 Å². The number of carbonyl (C=O) groups excluding carboxylic acids is 1. The Kier molecular flexibility index (Phi) is 6.51. The molecule has 1 amide bonds. The maximum Gasteiger partial charge on any atom is 0.234 e. The molecule has 0 bridgehead atoms. The molecule has 1 aromatic heterocycles. The zero-order valence-corrected chi connectivity index (χ0v) is 18.4. The molecule has 4 aromatic rings. The maximum absolute atomic E-state index is 13.4. The average Bonchev–Trinajstić information content (AvgIpc) is 3.22. The predicted octanol–water partition coefficient (Wildman–Crippen LogP) is 5.12. The Balaban J connectivity index is 1.60. The van der Waals surface area contributed by atoms with Crippen molar-refractivity contribution in [1.82, 2.24) is 14.8 Å². The molecule has 0 radical (unpaired) electrons. The number of amides is 1. The fraction of sp³-hybridized carbons (Fsp3) is 0.125. The van der Waals surface area contributed by atoms with Crippen molar-refractivity contribution in [3.8, 4) is 22.8 Å². The first kappa shape index (κ1) is 21.6. The summed E-state index contributed by atoms with van der Waals surface area (Å²) in [5.74, 6) is 0.843. The lowest BCUT2D eigenvalue weighted by atomic mass is 10.2. The van der Waals surface area contributed by atoms with Crippen molar-refractivity contribution < 1.29 is 13.9 Å². The van der Waals surface area contributed by atoms with Crippen molar-refractivity contribution in [3.05, 3.63) is 84.2 Å². The fourth-order valence-corrected chi connectivity index (χ4v) is 3.86. The van der Waals surface area contributed by atoms with Crippen LogP contribution in [-0.2, 0) is 4.79 Å². The summed E-state index contributed by atoms with van der Waals surface area (Å²) < 4.78 is 20.5. The largest absolute Gasteiger partial charge is 0.497 e. The van der Waals surface area contributed by atoms with E-state index in [1.165, 1.54) is 23.9 Å². The van der Waals surface area contributed by atoms with E-state index in [1.807, 2.05) is 60.0 Å². The maximum atomic E-state index is 13.4. The molecule has 162 valence electrons. The first-order valence-corrected chi connectivity index (χ1v) is 10.9. The summed E-state index contributed by atoms with van der Waals surface area (Å²) >= 11 is 1.26. The summed E-state index contributed by atoms with van der Waals surface area (Å²) in [6.45, 7) is 2.02. The average molecular weight is 449 g/mol. The number of nitrogens with zero attached hydrogens (tertiary/aromatic N) is 3. The van der Waals surface area contributed by atoms with Crippen LogP contribution < -0.4 is 10.1 Å². The van der Waals surface area contributed by atoms with E-state index in [4.69, 9.17) is 4.74 Å². The Labute approximate surface area is 189 Å². The molecule has 8 heteroatoms. The van der Waals surface area contributed by atoms with Crippen LogP contribution in [0.2, 0.25) is 0 Å². The van der Waals surface area contributed by atoms with Crippen LogP contribution in [0.4, 0.5) is 10.1 Å². The standard InChI is InChI=1S/C24H21FN4O2S/c1-16-6-10-20(11-7-16)29-23(17-8-12-21(31-2)13-9-17)27-28-24(29)32-15-22(30)26-19-5-3-4-18(25)14-19/h3-14H,15H2,1-2H3,(H,26,30). The van der Waals surface area contributed by atoms with Gasteiger partial charge < -0.3 is 10.1 Å². The number of methoxy groups -OCH3 is 1. The summed E-state index contributed by atoms with van der Waals surface area (Å²) in [5, 5.41) is 12.0. The third kappa shape index (κ3) is 4.97. The Morgan fingerprint density at radius 1 is 1.06 bits per heavy atom. The van der Waals surface area contributed by atoms with Crippen LogP contribution in [0, 0.1) is 12.7 Å². The number of anilines is 1. The van der Waals surface area contributed by atoms with E-state index in [0.29, 0.717) is 16.7 Å². The number of aromatic nitrogens is 3. The van der Waals surface area contributed by atoms with E-state index in [-0.39, 0.29) is 11.7 Å². The van der Waals surface area contributed by atoms with Crippen molar-refractivity contribution in [2.75, 3.05) is 18.2 Å². The van der Waals surface area contributed by atoms with Gasteiger partial charge in [-0.3, -0.25) is 9.36 Å². The van der Waals surface area contributed by atoms with Gasteiger partial charge in [0.2, 0.25) is 5.91 Å². The van der Waals surface area contributed by atoms with Gasteiger partial charge in [-0.15, -0.1) is 10.2 Å². The number of carbonyl (C=O) groups is 1. The highest BCUT2D eigenvalue weighted by Gasteiger charge is 2.17. The van der Waals surface area contributed by atoms with E-state index < -0.39 is 5.82 Å². The number of halogens is 1. The van der Waals surface area contributed by atoms with Crippen LogP contribution in [0.15, 0.2) is 78.0 Å². The van der Waals surface area contributed by atoms with Gasteiger partial charge in [0.1, 0.15) is 11.6 Å². The van der Waals surface area contributed by atoms with Gasteiger partial charge in [-0.05, 0) is 61.5 Å². The molecule has 4 rings (SSSR count). The first-order chi connectivity index (χ1) is 15.5. The van der Waals surface area contributed by atoms with Gasteiger partial charge in [0.05, 0.1) is 12.9 Å². The van der Waals surface area contributed by atoms with E-state index in [0.717, 1.165) is 22.6 Å². The lowest BCUT2D eigenvalue weighted by Gasteiger charge is -2.11. The lowest BCUT2D eigenvalue weighted by Crippen LogP contribution is -2.14. The van der Waals surface area contributed by atoms with Crippen molar-refractivity contribution in [3.63, 3.8) is 0 Å². The van der Waals surface area contributed by atoms with Crippen molar-refractivity contribution in [2.24, 2.45) is 0 Å². The molecule has 0 unspecified atom stereocenters. The number of thioether (sulfide) groups is 1. The molecule has 6 nitrogen and oxygen atoms in total. The Bertz CT molecular complexity index is 1220. The third-order valence-electron chi connectivity index (χ3n) is 4.71. The van der Waals surface area contributed by atoms with Gasteiger partial charge in [0.15, 0.2) is 11.0 Å². The minimum Gasteiger partial charge on any atom is -0.497 e. The van der Waals surface area contributed by atoms with Crippen molar-refractivity contribution in [1.29, 1.82) is 0 Å². The second kappa shape index (κ2) is 9.65. The Hall–Kier alpha value is -3.65. The van der Waals surface area contributed by atoms with Crippen molar-refractivity contribution >= 4 is 23.4 Å². The number of hydrogen-bond acceptors (Lipinski definition) is 5.